The fourth-order valence-corrected chi connectivity index (χ4v) is 3.15. The van der Waals surface area contributed by atoms with Crippen molar-refractivity contribution in [2.45, 2.75) is 6.92 Å². The second-order valence-electron chi connectivity index (χ2n) is 6.43. The number of allylic oxidation sites excluding steroid dienone is 3. The van der Waals surface area contributed by atoms with E-state index in [2.05, 4.69) is 35.4 Å². The monoisotopic (exact) mass is 384 g/mol. The van der Waals surface area contributed by atoms with Gasteiger partial charge in [-0.15, -0.1) is 6.58 Å². The zero-order valence-electron chi connectivity index (χ0n) is 16.5. The molecule has 0 aliphatic heterocycles. The van der Waals surface area contributed by atoms with Gasteiger partial charge in [0.1, 0.15) is 11.6 Å². The maximum Gasteiger partial charge on any atom is 0.195 e. The Bertz CT molecular complexity index is 1160. The highest BCUT2D eigenvalue weighted by Gasteiger charge is 2.16. The van der Waals surface area contributed by atoms with Gasteiger partial charge in [-0.25, -0.2) is 4.98 Å². The zero-order chi connectivity index (χ0) is 20.8. The van der Waals surface area contributed by atoms with E-state index in [0.29, 0.717) is 23.6 Å². The van der Waals surface area contributed by atoms with Crippen LogP contribution in [0, 0.1) is 6.92 Å². The second-order valence-corrected chi connectivity index (χ2v) is 6.43. The highest BCUT2D eigenvalue weighted by atomic mass is 16.1. The van der Waals surface area contributed by atoms with Crippen LogP contribution in [0.3, 0.4) is 0 Å². The van der Waals surface area contributed by atoms with E-state index in [1.54, 1.807) is 30.4 Å². The third-order valence-corrected chi connectivity index (χ3v) is 4.34. The van der Waals surface area contributed by atoms with Crippen molar-refractivity contribution in [2.24, 2.45) is 0 Å². The molecule has 1 aromatic carbocycles. The van der Waals surface area contributed by atoms with Gasteiger partial charge in [-0.3, -0.25) is 9.36 Å². The number of rotatable bonds is 8. The number of aryl methyl sites for hydroxylation is 1. The molecule has 0 unspecified atom stereocenters. The summed E-state index contributed by atoms with van der Waals surface area (Å²) < 4.78 is 2.00. The van der Waals surface area contributed by atoms with Crippen LogP contribution in [0.5, 0.6) is 0 Å². The van der Waals surface area contributed by atoms with Gasteiger partial charge in [0.05, 0.1) is 10.9 Å². The molecule has 2 heterocycles. The first kappa shape index (κ1) is 19.9. The van der Waals surface area contributed by atoms with Gasteiger partial charge < -0.3 is 10.6 Å². The average molecular weight is 384 g/mol. The molecule has 0 saturated heterocycles. The first-order valence-corrected chi connectivity index (χ1v) is 9.28. The van der Waals surface area contributed by atoms with Crippen molar-refractivity contribution in [2.75, 3.05) is 17.2 Å². The number of aromatic nitrogens is 2. The summed E-state index contributed by atoms with van der Waals surface area (Å²) in [6, 6.07) is 13.4. The quantitative estimate of drug-likeness (QED) is 0.426. The highest BCUT2D eigenvalue weighted by Crippen LogP contribution is 2.27. The number of anilines is 2. The largest absolute Gasteiger partial charge is 0.366 e. The number of nitrogens with zero attached hydrogens (tertiary/aromatic N) is 2. The number of benzene rings is 1. The Morgan fingerprint density at radius 2 is 1.93 bits per heavy atom. The third-order valence-electron chi connectivity index (χ3n) is 4.34. The number of fused-ring (bicyclic) bond motifs is 1. The first-order chi connectivity index (χ1) is 14.1. The minimum Gasteiger partial charge on any atom is -0.366 e. The number of para-hydroxylation sites is 1. The van der Waals surface area contributed by atoms with Crippen molar-refractivity contribution < 1.29 is 0 Å². The Kier molecular flexibility index (Phi) is 6.09. The van der Waals surface area contributed by atoms with Crippen LogP contribution in [0.2, 0.25) is 0 Å². The fourth-order valence-electron chi connectivity index (χ4n) is 3.15. The maximum atomic E-state index is 13.1. The molecule has 0 aliphatic carbocycles. The van der Waals surface area contributed by atoms with Crippen LogP contribution in [-0.4, -0.2) is 16.1 Å². The van der Waals surface area contributed by atoms with E-state index in [1.807, 2.05) is 47.9 Å². The summed E-state index contributed by atoms with van der Waals surface area (Å²) in [5, 5.41) is 7.00. The Hall–Kier alpha value is -3.86. The predicted octanol–water partition coefficient (Wildman–Crippen LogP) is 4.96. The topological polar surface area (TPSA) is 59.0 Å². The van der Waals surface area contributed by atoms with Crippen LogP contribution in [0.4, 0.5) is 11.6 Å². The summed E-state index contributed by atoms with van der Waals surface area (Å²) in [6.45, 7) is 13.7. The normalized spacial score (nSPS) is 11.1. The van der Waals surface area contributed by atoms with E-state index in [0.717, 1.165) is 22.6 Å². The molecule has 0 radical (unpaired) electrons. The Labute approximate surface area is 170 Å². The number of hydrogen-bond acceptors (Lipinski definition) is 4. The van der Waals surface area contributed by atoms with Gasteiger partial charge in [0.25, 0.3) is 0 Å². The predicted molar refractivity (Wildman–Crippen MR) is 123 cm³/mol. The van der Waals surface area contributed by atoms with E-state index < -0.39 is 0 Å². The summed E-state index contributed by atoms with van der Waals surface area (Å²) in [5.41, 5.74) is 3.08. The standard InChI is InChI=1S/C24H24N4O/c1-5-11-18(7-3)27-22-16-21(29)23-20(28(22)19-12-9-8-10-13-19)15-17(4)26-24(23)25-14-6-2/h5-13,15-16,27H,1-3,14H2,4H3,(H,25,26)/b18-11+. The van der Waals surface area contributed by atoms with E-state index in [4.69, 9.17) is 0 Å². The van der Waals surface area contributed by atoms with Gasteiger partial charge >= 0.3 is 0 Å². The van der Waals surface area contributed by atoms with Gasteiger partial charge in [0.2, 0.25) is 0 Å². The van der Waals surface area contributed by atoms with Crippen molar-refractivity contribution in [3.63, 3.8) is 0 Å². The smallest absolute Gasteiger partial charge is 0.195 e. The second kappa shape index (κ2) is 8.89. The van der Waals surface area contributed by atoms with Crippen LogP contribution >= 0.6 is 0 Å². The van der Waals surface area contributed by atoms with Crippen LogP contribution in [0.25, 0.3) is 16.6 Å². The lowest BCUT2D eigenvalue weighted by atomic mass is 10.1. The summed E-state index contributed by atoms with van der Waals surface area (Å²) in [4.78, 5) is 17.6. The van der Waals surface area contributed by atoms with Crippen molar-refractivity contribution in [1.82, 2.24) is 9.55 Å². The van der Waals surface area contributed by atoms with Gasteiger partial charge in [0.15, 0.2) is 5.43 Å². The molecule has 5 heteroatoms. The van der Waals surface area contributed by atoms with Crippen molar-refractivity contribution >= 4 is 22.5 Å². The van der Waals surface area contributed by atoms with E-state index in [1.165, 1.54) is 0 Å². The fraction of sp³-hybridized carbons (Fsp3) is 0.0833. The maximum absolute atomic E-state index is 13.1. The molecular weight excluding hydrogens is 360 g/mol. The molecule has 146 valence electrons. The molecule has 0 fully saturated rings. The molecule has 0 atom stereocenters. The van der Waals surface area contributed by atoms with Crippen molar-refractivity contribution in [3.8, 4) is 5.69 Å². The van der Waals surface area contributed by atoms with E-state index >= 15 is 0 Å². The van der Waals surface area contributed by atoms with Crippen molar-refractivity contribution in [3.05, 3.63) is 108 Å². The van der Waals surface area contributed by atoms with Crippen LogP contribution in [-0.2, 0) is 0 Å². The molecule has 0 bridgehead atoms. The molecule has 3 rings (SSSR count). The third kappa shape index (κ3) is 4.19. The summed E-state index contributed by atoms with van der Waals surface area (Å²) in [7, 11) is 0. The Balaban J connectivity index is 2.38. The lowest BCUT2D eigenvalue weighted by Crippen LogP contribution is -2.16. The number of pyridine rings is 2. The summed E-state index contributed by atoms with van der Waals surface area (Å²) >= 11 is 0. The number of nitrogens with one attached hydrogen (secondary N) is 2. The molecule has 2 aromatic heterocycles. The van der Waals surface area contributed by atoms with Gasteiger partial charge in [-0.05, 0) is 37.3 Å². The lowest BCUT2D eigenvalue weighted by Gasteiger charge is -2.20. The van der Waals surface area contributed by atoms with Crippen LogP contribution < -0.4 is 16.1 Å². The SMILES string of the molecule is C=C/C=C(\C=C)Nc1cc(=O)c2c(NCC=C)nc(C)cc2n1-c1ccccc1. The minimum atomic E-state index is -0.129. The molecule has 0 aliphatic rings. The molecular formula is C24H24N4O. The molecule has 29 heavy (non-hydrogen) atoms. The molecule has 5 nitrogen and oxygen atoms in total. The average Bonchev–Trinajstić information content (AvgIpc) is 2.72. The van der Waals surface area contributed by atoms with Crippen LogP contribution in [0.15, 0.2) is 97.0 Å². The number of hydrogen-bond donors (Lipinski definition) is 2. The molecule has 3 aromatic rings. The van der Waals surface area contributed by atoms with Gasteiger partial charge in [-0.1, -0.05) is 43.5 Å². The lowest BCUT2D eigenvalue weighted by molar-refractivity contribution is 1.08. The molecule has 0 amide bonds. The molecule has 0 saturated carbocycles. The van der Waals surface area contributed by atoms with Gasteiger partial charge in [0, 0.05) is 29.7 Å². The zero-order valence-corrected chi connectivity index (χ0v) is 16.5. The van der Waals surface area contributed by atoms with Crippen molar-refractivity contribution in [1.29, 1.82) is 0 Å². The summed E-state index contributed by atoms with van der Waals surface area (Å²) in [6.07, 6.45) is 6.88. The molecule has 2 N–H and O–H groups in total. The first-order valence-electron chi connectivity index (χ1n) is 9.28. The summed E-state index contributed by atoms with van der Waals surface area (Å²) in [5.74, 6) is 1.17. The Morgan fingerprint density at radius 3 is 2.59 bits per heavy atom. The molecule has 0 spiro atoms. The van der Waals surface area contributed by atoms with E-state index in [-0.39, 0.29) is 5.43 Å². The van der Waals surface area contributed by atoms with E-state index in [9.17, 15) is 4.79 Å². The highest BCUT2D eigenvalue weighted by molar-refractivity contribution is 5.92. The minimum absolute atomic E-state index is 0.129. The Morgan fingerprint density at radius 1 is 1.17 bits per heavy atom. The van der Waals surface area contributed by atoms with Gasteiger partial charge in [-0.2, -0.15) is 0 Å². The van der Waals surface area contributed by atoms with Crippen LogP contribution in [0.1, 0.15) is 5.69 Å².